The fourth-order valence-corrected chi connectivity index (χ4v) is 6.09. The van der Waals surface area contributed by atoms with Crippen LogP contribution < -0.4 is 10.1 Å². The summed E-state index contributed by atoms with van der Waals surface area (Å²) in [4.78, 5) is 13.2. The number of allylic oxidation sites excluding steroid dienone is 2. The molecule has 7 rings (SSSR count). The van der Waals surface area contributed by atoms with E-state index in [1.807, 2.05) is 53.9 Å². The van der Waals surface area contributed by atoms with Crippen LogP contribution in [-0.2, 0) is 11.3 Å². The first-order valence-electron chi connectivity index (χ1n) is 14.5. The standard InChI is InChI=1S/C33H26BF2N7O2S/c1-22-38-40-33(41-39-22)25-9-4-24(5-10-25)20-37-32(44)21-45-29-15-7-23(8-16-29)6-11-26-12-13-27-19-28-14-17-30(31-3-2-18-46-31)43(28)34(35,36)42(26)27/h2-19H,20-21H2,1H3,(H,37,44)/b11-6+. The Hall–Kier alpha value is -5.56. The molecule has 228 valence electrons. The van der Waals surface area contributed by atoms with E-state index in [2.05, 4.69) is 25.7 Å². The minimum absolute atomic E-state index is 0.152. The van der Waals surface area contributed by atoms with E-state index in [0.717, 1.165) is 30.5 Å². The summed E-state index contributed by atoms with van der Waals surface area (Å²) < 4.78 is 39.9. The van der Waals surface area contributed by atoms with E-state index in [-0.39, 0.29) is 12.5 Å². The van der Waals surface area contributed by atoms with Crippen molar-refractivity contribution < 1.29 is 22.6 Å². The van der Waals surface area contributed by atoms with Gasteiger partial charge in [0.05, 0.1) is 4.88 Å². The highest BCUT2D eigenvalue weighted by molar-refractivity contribution is 7.12. The van der Waals surface area contributed by atoms with Gasteiger partial charge in [-0.25, -0.2) is 0 Å². The minimum Gasteiger partial charge on any atom is -0.484 e. The molecule has 46 heavy (non-hydrogen) atoms. The van der Waals surface area contributed by atoms with E-state index < -0.39 is 6.97 Å². The normalized spacial score (nSPS) is 14.7. The van der Waals surface area contributed by atoms with E-state index in [1.54, 1.807) is 61.6 Å². The lowest BCUT2D eigenvalue weighted by Gasteiger charge is -2.30. The fourth-order valence-electron chi connectivity index (χ4n) is 5.34. The van der Waals surface area contributed by atoms with Crippen LogP contribution >= 0.6 is 11.3 Å². The number of aromatic nitrogens is 5. The van der Waals surface area contributed by atoms with Crippen LogP contribution in [0.5, 0.6) is 5.75 Å². The third-order valence-corrected chi connectivity index (χ3v) is 8.49. The van der Waals surface area contributed by atoms with Gasteiger partial charge < -0.3 is 27.6 Å². The van der Waals surface area contributed by atoms with E-state index in [4.69, 9.17) is 4.74 Å². The zero-order valence-corrected chi connectivity index (χ0v) is 25.4. The van der Waals surface area contributed by atoms with Crippen LogP contribution in [0, 0.1) is 6.92 Å². The summed E-state index contributed by atoms with van der Waals surface area (Å²) in [7, 11) is 0. The monoisotopic (exact) mass is 633 g/mol. The van der Waals surface area contributed by atoms with Crippen molar-refractivity contribution in [1.82, 2.24) is 30.2 Å². The second-order valence-corrected chi connectivity index (χ2v) is 11.7. The van der Waals surface area contributed by atoms with Gasteiger partial charge in [-0.05, 0) is 59.8 Å². The molecule has 2 aliphatic heterocycles. The van der Waals surface area contributed by atoms with E-state index in [0.29, 0.717) is 46.7 Å². The maximum absolute atomic E-state index is 16.0. The Morgan fingerprint density at radius 3 is 2.50 bits per heavy atom. The van der Waals surface area contributed by atoms with Crippen molar-refractivity contribution in [2.75, 3.05) is 6.61 Å². The quantitative estimate of drug-likeness (QED) is 0.212. The zero-order valence-electron chi connectivity index (χ0n) is 24.5. The number of fused-ring (bicyclic) bond motifs is 2. The number of carbonyl (C=O) groups is 1. The lowest BCUT2D eigenvalue weighted by molar-refractivity contribution is -0.360. The summed E-state index contributed by atoms with van der Waals surface area (Å²) in [5, 5.41) is 20.6. The maximum Gasteiger partial charge on any atom is 0.737 e. The van der Waals surface area contributed by atoms with Crippen molar-refractivity contribution in [3.8, 4) is 17.1 Å². The molecule has 0 unspecified atom stereocenters. The number of thiophene rings is 1. The Morgan fingerprint density at radius 1 is 0.978 bits per heavy atom. The molecule has 9 nitrogen and oxygen atoms in total. The molecule has 13 heteroatoms. The van der Waals surface area contributed by atoms with Crippen molar-refractivity contribution in [2.45, 2.75) is 13.5 Å². The van der Waals surface area contributed by atoms with Crippen molar-refractivity contribution >= 4 is 48.2 Å². The Labute approximate surface area is 267 Å². The summed E-state index contributed by atoms with van der Waals surface area (Å²) in [6, 6.07) is 21.7. The Morgan fingerprint density at radius 2 is 1.76 bits per heavy atom. The van der Waals surface area contributed by atoms with Gasteiger partial charge in [0.15, 0.2) is 23.8 Å². The number of nitrogens with one attached hydrogen (secondary N) is 1. The topological polar surface area (TPSA) is 97.8 Å². The van der Waals surface area contributed by atoms with Gasteiger partial charge in [0.2, 0.25) is 5.82 Å². The van der Waals surface area contributed by atoms with Crippen LogP contribution in [-0.4, -0.2) is 54.6 Å². The second kappa shape index (κ2) is 12.1. The Kier molecular flexibility index (Phi) is 7.67. The summed E-state index contributed by atoms with van der Waals surface area (Å²) in [5.41, 5.74) is 4.33. The number of hydrogen-bond acceptors (Lipinski definition) is 7. The molecule has 5 aromatic rings. The highest BCUT2D eigenvalue weighted by Gasteiger charge is 2.52. The number of aryl methyl sites for hydroxylation is 1. The molecular weight excluding hydrogens is 607 g/mol. The van der Waals surface area contributed by atoms with Crippen molar-refractivity contribution in [3.05, 3.63) is 129 Å². The Balaban J connectivity index is 0.950. The van der Waals surface area contributed by atoms with E-state index in [9.17, 15) is 4.79 Å². The average Bonchev–Trinajstić information content (AvgIpc) is 3.84. The first kappa shape index (κ1) is 29.2. The summed E-state index contributed by atoms with van der Waals surface area (Å²) in [6.45, 7) is -2.21. The molecule has 0 bridgehead atoms. The number of hydrogen-bond donors (Lipinski definition) is 1. The molecule has 1 amide bonds. The predicted octanol–water partition coefficient (Wildman–Crippen LogP) is 5.62. The van der Waals surface area contributed by atoms with Crippen molar-refractivity contribution in [2.24, 2.45) is 0 Å². The summed E-state index contributed by atoms with van der Waals surface area (Å²) >= 11 is 1.44. The molecule has 2 aliphatic rings. The van der Waals surface area contributed by atoms with Gasteiger partial charge in [-0.15, -0.1) is 31.7 Å². The number of amides is 1. The fraction of sp³-hybridized carbons (Fsp3) is 0.0909. The van der Waals surface area contributed by atoms with Gasteiger partial charge >= 0.3 is 6.97 Å². The molecule has 0 radical (unpaired) electrons. The first-order chi connectivity index (χ1) is 22.3. The summed E-state index contributed by atoms with van der Waals surface area (Å²) in [6.07, 6.45) is 8.73. The molecular formula is C33H26BF2N7O2S. The molecule has 0 atom stereocenters. The zero-order chi connectivity index (χ0) is 31.7. The molecule has 3 aromatic heterocycles. The highest BCUT2D eigenvalue weighted by Crippen LogP contribution is 2.34. The molecule has 2 aromatic carbocycles. The van der Waals surface area contributed by atoms with Crippen molar-refractivity contribution in [1.29, 1.82) is 0 Å². The van der Waals surface area contributed by atoms with Crippen LogP contribution in [0.1, 0.15) is 33.2 Å². The third-order valence-electron chi connectivity index (χ3n) is 7.60. The highest BCUT2D eigenvalue weighted by atomic mass is 32.1. The SMILES string of the molecule is Cc1nnc(-c2ccc(CNC(=O)COc3ccc(/C=C/c4ccc5n4[B-](F)(F)[N+]4=C(c6cccs6)C=CC4=C5)cc3)cc2)nn1. The van der Waals surface area contributed by atoms with Gasteiger partial charge in [-0.1, -0.05) is 48.5 Å². The summed E-state index contributed by atoms with van der Waals surface area (Å²) in [5.74, 6) is 1.18. The first-order valence-corrected chi connectivity index (χ1v) is 15.4. The van der Waals surface area contributed by atoms with Crippen LogP contribution in [0.2, 0.25) is 0 Å². The van der Waals surface area contributed by atoms with Crippen LogP contribution in [0.15, 0.2) is 96.0 Å². The van der Waals surface area contributed by atoms with E-state index >= 15 is 8.63 Å². The number of rotatable bonds is 9. The smallest absolute Gasteiger partial charge is 0.484 e. The second-order valence-electron chi connectivity index (χ2n) is 10.7. The van der Waals surface area contributed by atoms with Crippen LogP contribution in [0.25, 0.3) is 29.6 Å². The molecule has 0 fully saturated rings. The largest absolute Gasteiger partial charge is 0.737 e. The minimum atomic E-state index is -4.11. The Bertz CT molecular complexity index is 2030. The van der Waals surface area contributed by atoms with Gasteiger partial charge in [-0.2, -0.15) is 0 Å². The van der Waals surface area contributed by atoms with Gasteiger partial charge in [0, 0.05) is 41.7 Å². The number of benzene rings is 2. The number of halogens is 2. The number of ether oxygens (including phenoxy) is 1. The third kappa shape index (κ3) is 5.80. The van der Waals surface area contributed by atoms with Crippen molar-refractivity contribution in [3.63, 3.8) is 0 Å². The average molecular weight is 633 g/mol. The molecule has 0 aliphatic carbocycles. The molecule has 0 saturated heterocycles. The molecule has 1 N–H and O–H groups in total. The molecule has 5 heterocycles. The van der Waals surface area contributed by atoms with Gasteiger partial charge in [0.1, 0.15) is 5.75 Å². The predicted molar refractivity (Wildman–Crippen MR) is 174 cm³/mol. The number of nitrogens with zero attached hydrogens (tertiary/aromatic N) is 6. The van der Waals surface area contributed by atoms with E-state index in [1.165, 1.54) is 11.3 Å². The lowest BCUT2D eigenvalue weighted by atomic mass is 9.90. The maximum atomic E-state index is 16.0. The van der Waals surface area contributed by atoms with Crippen LogP contribution in [0.3, 0.4) is 0 Å². The molecule has 0 saturated carbocycles. The van der Waals surface area contributed by atoms with Gasteiger partial charge in [0.25, 0.3) is 5.91 Å². The number of carbonyl (C=O) groups excluding carboxylic acids is 1. The van der Waals surface area contributed by atoms with Crippen LogP contribution in [0.4, 0.5) is 8.63 Å². The van der Waals surface area contributed by atoms with Gasteiger partial charge in [-0.3, -0.25) is 4.79 Å². The molecule has 0 spiro atoms. The lowest BCUT2D eigenvalue weighted by Crippen LogP contribution is -2.50.